The number of nitrogens with zero attached hydrogens (tertiary/aromatic N) is 1. The Balaban J connectivity index is 1.94. The average Bonchev–Trinajstić information content (AvgIpc) is 2.61. The van der Waals surface area contributed by atoms with E-state index in [4.69, 9.17) is 0 Å². The summed E-state index contributed by atoms with van der Waals surface area (Å²) in [5.74, 6) is 0.444. The standard InChI is InChI=1S/C22H28N/c1-3-19(2)14-17-23(15-7-4-8-16-23)18-21-12-9-11-20-10-5-6-13-22(20)21/h3,5-6,9-14,17,19H,1,4,7-8,15-16,18H2,2H3/q+1/b17-14+. The Morgan fingerprint density at radius 2 is 1.78 bits per heavy atom. The average molecular weight is 306 g/mol. The van der Waals surface area contributed by atoms with Gasteiger partial charge in [-0.05, 0) is 42.0 Å². The Labute approximate surface area is 140 Å². The summed E-state index contributed by atoms with van der Waals surface area (Å²) in [7, 11) is 0. The van der Waals surface area contributed by atoms with Gasteiger partial charge < -0.3 is 0 Å². The van der Waals surface area contributed by atoms with E-state index in [1.165, 1.54) is 48.7 Å². The highest BCUT2D eigenvalue weighted by Crippen LogP contribution is 2.28. The van der Waals surface area contributed by atoms with E-state index in [0.29, 0.717) is 5.92 Å². The Morgan fingerprint density at radius 3 is 2.57 bits per heavy atom. The van der Waals surface area contributed by atoms with E-state index >= 15 is 0 Å². The largest absolute Gasteiger partial charge is 0.294 e. The van der Waals surface area contributed by atoms with Crippen LogP contribution in [0, 0.1) is 5.92 Å². The number of quaternary nitrogens is 1. The second-order valence-electron chi connectivity index (χ2n) is 6.96. The molecule has 0 spiro atoms. The highest BCUT2D eigenvalue weighted by atomic mass is 15.3. The summed E-state index contributed by atoms with van der Waals surface area (Å²) < 4.78 is 1.09. The molecule has 1 heterocycles. The minimum Gasteiger partial charge on any atom is -0.294 e. The van der Waals surface area contributed by atoms with E-state index in [0.717, 1.165) is 11.0 Å². The summed E-state index contributed by atoms with van der Waals surface area (Å²) in [6.45, 7) is 9.73. The molecule has 23 heavy (non-hydrogen) atoms. The van der Waals surface area contributed by atoms with Gasteiger partial charge in [0.15, 0.2) is 0 Å². The van der Waals surface area contributed by atoms with Gasteiger partial charge in [0, 0.05) is 5.56 Å². The summed E-state index contributed by atoms with van der Waals surface area (Å²) in [5.41, 5.74) is 1.47. The van der Waals surface area contributed by atoms with Gasteiger partial charge >= 0.3 is 0 Å². The monoisotopic (exact) mass is 306 g/mol. The van der Waals surface area contributed by atoms with Gasteiger partial charge in [-0.1, -0.05) is 55.5 Å². The number of rotatable bonds is 5. The molecule has 1 heteroatoms. The second kappa shape index (κ2) is 7.14. The predicted molar refractivity (Wildman–Crippen MR) is 100.0 cm³/mol. The van der Waals surface area contributed by atoms with Crippen molar-refractivity contribution in [2.75, 3.05) is 13.1 Å². The van der Waals surface area contributed by atoms with E-state index in [1.807, 2.05) is 6.08 Å². The molecule has 2 aromatic carbocycles. The molecule has 1 aliphatic rings. The predicted octanol–water partition coefficient (Wildman–Crippen LogP) is 5.68. The van der Waals surface area contributed by atoms with Crippen LogP contribution in [0.4, 0.5) is 0 Å². The minimum absolute atomic E-state index is 0.444. The molecule has 0 bridgehead atoms. The molecule has 1 aliphatic heterocycles. The summed E-state index contributed by atoms with van der Waals surface area (Å²) in [4.78, 5) is 0. The van der Waals surface area contributed by atoms with Gasteiger partial charge in [-0.25, -0.2) is 0 Å². The van der Waals surface area contributed by atoms with Crippen LogP contribution in [0.5, 0.6) is 0 Å². The van der Waals surface area contributed by atoms with Gasteiger partial charge in [-0.3, -0.25) is 4.48 Å². The van der Waals surface area contributed by atoms with Gasteiger partial charge in [0.25, 0.3) is 0 Å². The second-order valence-corrected chi connectivity index (χ2v) is 6.96. The highest BCUT2D eigenvalue weighted by molar-refractivity contribution is 5.85. The van der Waals surface area contributed by atoms with Crippen LogP contribution in [0.2, 0.25) is 0 Å². The van der Waals surface area contributed by atoms with Crippen molar-refractivity contribution in [3.63, 3.8) is 0 Å². The SMILES string of the molecule is C=CC(C)/C=C/[N+]1(Cc2cccc3ccccc23)CCCCC1. The maximum atomic E-state index is 3.91. The van der Waals surface area contributed by atoms with Crippen LogP contribution < -0.4 is 0 Å². The first-order valence-electron chi connectivity index (χ1n) is 8.87. The number of likely N-dealkylation sites (tertiary alicyclic amines) is 1. The summed E-state index contributed by atoms with van der Waals surface area (Å²) in [6, 6.07) is 15.5. The Kier molecular flexibility index (Phi) is 4.97. The number of benzene rings is 2. The fourth-order valence-electron chi connectivity index (χ4n) is 3.67. The molecule has 120 valence electrons. The third kappa shape index (κ3) is 3.73. The lowest BCUT2D eigenvalue weighted by atomic mass is 10.0. The van der Waals surface area contributed by atoms with Crippen LogP contribution in [0.1, 0.15) is 31.7 Å². The zero-order valence-corrected chi connectivity index (χ0v) is 14.2. The van der Waals surface area contributed by atoms with E-state index in [-0.39, 0.29) is 0 Å². The maximum absolute atomic E-state index is 3.91. The summed E-state index contributed by atoms with van der Waals surface area (Å²) in [6.07, 6.45) is 10.8. The molecule has 0 saturated carbocycles. The third-order valence-electron chi connectivity index (χ3n) is 5.15. The fraction of sp³-hybridized carbons (Fsp3) is 0.364. The number of piperidine rings is 1. The molecule has 0 N–H and O–H groups in total. The van der Waals surface area contributed by atoms with E-state index in [2.05, 4.69) is 68.2 Å². The third-order valence-corrected chi connectivity index (χ3v) is 5.15. The van der Waals surface area contributed by atoms with Crippen LogP contribution >= 0.6 is 0 Å². The van der Waals surface area contributed by atoms with E-state index < -0.39 is 0 Å². The number of hydrogen-bond acceptors (Lipinski definition) is 0. The molecule has 0 radical (unpaired) electrons. The molecule has 1 unspecified atom stereocenters. The fourth-order valence-corrected chi connectivity index (χ4v) is 3.67. The molecule has 1 saturated heterocycles. The Morgan fingerprint density at radius 1 is 1.04 bits per heavy atom. The molecule has 1 atom stereocenters. The van der Waals surface area contributed by atoms with Crippen molar-refractivity contribution in [1.29, 1.82) is 0 Å². The van der Waals surface area contributed by atoms with Crippen molar-refractivity contribution in [1.82, 2.24) is 0 Å². The van der Waals surface area contributed by atoms with E-state index in [9.17, 15) is 0 Å². The lowest BCUT2D eigenvalue weighted by Gasteiger charge is -2.38. The van der Waals surface area contributed by atoms with Gasteiger partial charge in [-0.15, -0.1) is 6.58 Å². The molecule has 0 aliphatic carbocycles. The van der Waals surface area contributed by atoms with Crippen LogP contribution in [0.15, 0.2) is 67.4 Å². The topological polar surface area (TPSA) is 0 Å². The Bertz CT molecular complexity index is 687. The zero-order chi connectivity index (χ0) is 16.1. The number of fused-ring (bicyclic) bond motifs is 1. The molecule has 1 nitrogen and oxygen atoms in total. The molecule has 2 aromatic rings. The van der Waals surface area contributed by atoms with Crippen LogP contribution in [-0.2, 0) is 6.54 Å². The quantitative estimate of drug-likeness (QED) is 0.493. The van der Waals surface area contributed by atoms with Crippen molar-refractivity contribution in [2.45, 2.75) is 32.7 Å². The van der Waals surface area contributed by atoms with E-state index in [1.54, 1.807) is 0 Å². The van der Waals surface area contributed by atoms with Crippen LogP contribution in [0.25, 0.3) is 10.8 Å². The molecule has 3 rings (SSSR count). The van der Waals surface area contributed by atoms with Crippen LogP contribution in [0.3, 0.4) is 0 Å². The first-order chi connectivity index (χ1) is 11.2. The van der Waals surface area contributed by atoms with Gasteiger partial charge in [0.2, 0.25) is 0 Å². The lowest BCUT2D eigenvalue weighted by Crippen LogP contribution is -2.46. The first-order valence-corrected chi connectivity index (χ1v) is 8.87. The zero-order valence-electron chi connectivity index (χ0n) is 14.2. The molecule has 1 fully saturated rings. The summed E-state index contributed by atoms with van der Waals surface area (Å²) >= 11 is 0. The van der Waals surface area contributed by atoms with Gasteiger partial charge in [-0.2, -0.15) is 0 Å². The van der Waals surface area contributed by atoms with Crippen molar-refractivity contribution >= 4 is 10.8 Å². The number of allylic oxidation sites excluding steroid dienone is 2. The Hall–Kier alpha value is -1.86. The van der Waals surface area contributed by atoms with Gasteiger partial charge in [0.05, 0.1) is 19.3 Å². The van der Waals surface area contributed by atoms with Crippen molar-refractivity contribution in [3.8, 4) is 0 Å². The smallest absolute Gasteiger partial charge is 0.109 e. The first kappa shape index (κ1) is 16.0. The normalized spacial score (nSPS) is 19.0. The molecule has 0 aromatic heterocycles. The molecular weight excluding hydrogens is 278 g/mol. The maximum Gasteiger partial charge on any atom is 0.109 e. The highest BCUT2D eigenvalue weighted by Gasteiger charge is 2.28. The minimum atomic E-state index is 0.444. The molecule has 0 amide bonds. The lowest BCUT2D eigenvalue weighted by molar-refractivity contribution is -0.897. The van der Waals surface area contributed by atoms with Crippen LogP contribution in [-0.4, -0.2) is 17.6 Å². The van der Waals surface area contributed by atoms with Crippen molar-refractivity contribution in [3.05, 3.63) is 73.0 Å². The van der Waals surface area contributed by atoms with Gasteiger partial charge in [0.1, 0.15) is 6.54 Å². The summed E-state index contributed by atoms with van der Waals surface area (Å²) in [5, 5.41) is 2.76. The number of hydrogen-bond donors (Lipinski definition) is 0. The van der Waals surface area contributed by atoms with Crippen molar-refractivity contribution < 1.29 is 4.48 Å². The molecular formula is C22H28N+. The van der Waals surface area contributed by atoms with Crippen molar-refractivity contribution in [2.24, 2.45) is 5.92 Å².